The highest BCUT2D eigenvalue weighted by Crippen LogP contribution is 2.19. The first-order chi connectivity index (χ1) is 8.75. The summed E-state index contributed by atoms with van der Waals surface area (Å²) < 4.78 is 15.3. The molecule has 94 valence electrons. The quantitative estimate of drug-likeness (QED) is 0.852. The van der Waals surface area contributed by atoms with E-state index in [4.69, 9.17) is 2.74 Å². The van der Waals surface area contributed by atoms with Gasteiger partial charge in [-0.05, 0) is 38.0 Å². The second-order valence-corrected chi connectivity index (χ2v) is 4.05. The number of amides is 1. The molecule has 1 amide bonds. The zero-order valence-corrected chi connectivity index (χ0v) is 11.0. The zero-order chi connectivity index (χ0) is 14.6. The summed E-state index contributed by atoms with van der Waals surface area (Å²) in [5.74, 6) is -0.190. The van der Waals surface area contributed by atoms with Crippen LogP contribution in [0.2, 0.25) is 0 Å². The first-order valence-electron chi connectivity index (χ1n) is 6.86. The van der Waals surface area contributed by atoms with Crippen LogP contribution >= 0.6 is 0 Å². The molecule has 0 saturated heterocycles. The third kappa shape index (κ3) is 3.86. The van der Waals surface area contributed by atoms with Crippen LogP contribution in [0.1, 0.15) is 27.7 Å². The number of anilines is 1. The number of rotatable bonds is 5. The molecule has 0 heterocycles. The lowest BCUT2D eigenvalue weighted by Crippen LogP contribution is -2.33. The molecule has 0 atom stereocenters. The monoisotopic (exact) mass is 236 g/mol. The number of nitrogens with one attached hydrogen (secondary N) is 1. The maximum absolute atomic E-state index is 12.0. The molecule has 1 aromatic carbocycles. The van der Waals surface area contributed by atoms with E-state index in [0.29, 0.717) is 6.54 Å². The summed E-state index contributed by atoms with van der Waals surface area (Å²) in [4.78, 5) is 13.5. The van der Waals surface area contributed by atoms with E-state index < -0.39 is 6.50 Å². The Balaban J connectivity index is 2.76. The van der Waals surface area contributed by atoms with Crippen molar-refractivity contribution in [3.05, 3.63) is 29.3 Å². The van der Waals surface area contributed by atoms with Gasteiger partial charge in [0, 0.05) is 8.43 Å². The molecule has 17 heavy (non-hydrogen) atoms. The first-order valence-corrected chi connectivity index (χ1v) is 5.86. The first kappa shape index (κ1) is 10.8. The van der Waals surface area contributed by atoms with E-state index in [0.717, 1.165) is 16.8 Å². The standard InChI is InChI=1S/C14H22N2O/c1-5-16(6-2)10-13(17)15-14-11(3)8-7-9-12(14)4/h7-9H,5-6,10H2,1-4H3,(H,15,17)/i5D2. The topological polar surface area (TPSA) is 32.3 Å². The van der Waals surface area contributed by atoms with Crippen LogP contribution in [0.4, 0.5) is 5.69 Å². The Bertz CT molecular complexity index is 435. The smallest absolute Gasteiger partial charge is 0.238 e. The minimum Gasteiger partial charge on any atom is -0.324 e. The molecule has 0 aliphatic heterocycles. The number of para-hydroxylation sites is 1. The van der Waals surface area contributed by atoms with E-state index >= 15 is 0 Å². The second kappa shape index (κ2) is 6.40. The van der Waals surface area contributed by atoms with Crippen LogP contribution in [0.5, 0.6) is 0 Å². The van der Waals surface area contributed by atoms with Gasteiger partial charge in [-0.1, -0.05) is 32.0 Å². The van der Waals surface area contributed by atoms with Gasteiger partial charge in [0.15, 0.2) is 0 Å². The SMILES string of the molecule is [2H]C([2H])(C)N(CC)CC(=O)Nc1c(C)cccc1C. The highest BCUT2D eigenvalue weighted by Gasteiger charge is 2.09. The van der Waals surface area contributed by atoms with E-state index in [1.807, 2.05) is 39.0 Å². The number of hydrogen-bond acceptors (Lipinski definition) is 2. The van der Waals surface area contributed by atoms with Crippen molar-refractivity contribution in [3.63, 3.8) is 0 Å². The predicted molar refractivity (Wildman–Crippen MR) is 72.3 cm³/mol. The molecule has 3 nitrogen and oxygen atoms in total. The van der Waals surface area contributed by atoms with E-state index in [1.165, 1.54) is 11.8 Å². The lowest BCUT2D eigenvalue weighted by Gasteiger charge is -2.18. The normalized spacial score (nSPS) is 13.2. The average Bonchev–Trinajstić information content (AvgIpc) is 2.29. The van der Waals surface area contributed by atoms with Gasteiger partial charge >= 0.3 is 0 Å². The van der Waals surface area contributed by atoms with Crippen LogP contribution in [0, 0.1) is 13.8 Å². The summed E-state index contributed by atoms with van der Waals surface area (Å²) in [6.45, 7) is 6.24. The molecule has 0 fully saturated rings. The maximum atomic E-state index is 12.0. The number of likely N-dealkylation sites (N-methyl/N-ethyl adjacent to an activating group) is 1. The molecule has 1 N–H and O–H groups in total. The molecule has 0 bridgehead atoms. The molecule has 0 radical (unpaired) electrons. The minimum atomic E-state index is -1.49. The largest absolute Gasteiger partial charge is 0.324 e. The Morgan fingerprint density at radius 3 is 2.41 bits per heavy atom. The van der Waals surface area contributed by atoms with E-state index in [2.05, 4.69) is 5.32 Å². The highest BCUT2D eigenvalue weighted by atomic mass is 16.2. The van der Waals surface area contributed by atoms with Crippen molar-refractivity contribution in [1.29, 1.82) is 0 Å². The Hall–Kier alpha value is -1.35. The molecule has 0 unspecified atom stereocenters. The zero-order valence-electron chi connectivity index (χ0n) is 13.0. The number of benzene rings is 1. The van der Waals surface area contributed by atoms with E-state index in [1.54, 1.807) is 0 Å². The Kier molecular flexibility index (Phi) is 4.06. The summed E-state index contributed by atoms with van der Waals surface area (Å²) in [5, 5.41) is 2.87. The minimum absolute atomic E-state index is 0.0494. The number of carbonyl (C=O) groups excluding carboxylic acids is 1. The fraction of sp³-hybridized carbons (Fsp3) is 0.500. The molecule has 1 aromatic rings. The van der Waals surface area contributed by atoms with Gasteiger partial charge in [-0.25, -0.2) is 0 Å². The van der Waals surface area contributed by atoms with Crippen molar-refractivity contribution in [2.24, 2.45) is 0 Å². The van der Waals surface area contributed by atoms with Crippen molar-refractivity contribution in [1.82, 2.24) is 4.90 Å². The van der Waals surface area contributed by atoms with Gasteiger partial charge < -0.3 is 5.32 Å². The molecule has 0 aliphatic rings. The fourth-order valence-corrected chi connectivity index (χ4v) is 1.71. The van der Waals surface area contributed by atoms with Crippen molar-refractivity contribution >= 4 is 11.6 Å². The van der Waals surface area contributed by atoms with Crippen molar-refractivity contribution in [2.75, 3.05) is 24.9 Å². The highest BCUT2D eigenvalue weighted by molar-refractivity contribution is 5.93. The number of nitrogens with zero attached hydrogens (tertiary/aromatic N) is 1. The van der Waals surface area contributed by atoms with E-state index in [-0.39, 0.29) is 12.5 Å². The molecule has 1 rings (SSSR count). The fourth-order valence-electron chi connectivity index (χ4n) is 1.71. The van der Waals surface area contributed by atoms with E-state index in [9.17, 15) is 4.79 Å². The van der Waals surface area contributed by atoms with Crippen LogP contribution in [-0.4, -0.2) is 30.4 Å². The second-order valence-electron chi connectivity index (χ2n) is 4.05. The van der Waals surface area contributed by atoms with Crippen LogP contribution in [0.25, 0.3) is 0 Å². The van der Waals surface area contributed by atoms with Gasteiger partial charge in [0.1, 0.15) is 0 Å². The van der Waals surface area contributed by atoms with Gasteiger partial charge in [-0.15, -0.1) is 0 Å². The van der Waals surface area contributed by atoms with Gasteiger partial charge in [0.05, 0.1) is 6.54 Å². The molecule has 0 spiro atoms. The molecular formula is C14H22N2O. The molecule has 0 saturated carbocycles. The molecular weight excluding hydrogens is 212 g/mol. The van der Waals surface area contributed by atoms with Gasteiger partial charge in [-0.3, -0.25) is 9.69 Å². The molecule has 0 aromatic heterocycles. The summed E-state index contributed by atoms with van der Waals surface area (Å²) >= 11 is 0. The third-order valence-electron chi connectivity index (χ3n) is 2.78. The van der Waals surface area contributed by atoms with Crippen molar-refractivity contribution in [2.45, 2.75) is 27.7 Å². The average molecular weight is 236 g/mol. The lowest BCUT2D eigenvalue weighted by molar-refractivity contribution is -0.117. The van der Waals surface area contributed by atoms with Crippen LogP contribution < -0.4 is 5.32 Å². The summed E-state index contributed by atoms with van der Waals surface area (Å²) in [6.07, 6.45) is 0. The number of hydrogen-bond donors (Lipinski definition) is 1. The van der Waals surface area contributed by atoms with Crippen LogP contribution in [0.3, 0.4) is 0 Å². The Labute approximate surface area is 107 Å². The van der Waals surface area contributed by atoms with Crippen LogP contribution in [-0.2, 0) is 4.79 Å². The summed E-state index contributed by atoms with van der Waals surface area (Å²) in [7, 11) is 0. The van der Waals surface area contributed by atoms with Gasteiger partial charge in [0.25, 0.3) is 0 Å². The lowest BCUT2D eigenvalue weighted by atomic mass is 10.1. The third-order valence-corrected chi connectivity index (χ3v) is 2.78. The summed E-state index contributed by atoms with van der Waals surface area (Å²) in [6, 6.07) is 5.84. The maximum Gasteiger partial charge on any atom is 0.238 e. The number of aryl methyl sites for hydroxylation is 2. The number of carbonyl (C=O) groups is 1. The van der Waals surface area contributed by atoms with Gasteiger partial charge in [0.2, 0.25) is 5.91 Å². The predicted octanol–water partition coefficient (Wildman–Crippen LogP) is 2.58. The van der Waals surface area contributed by atoms with Crippen LogP contribution in [0.15, 0.2) is 18.2 Å². The Morgan fingerprint density at radius 1 is 1.35 bits per heavy atom. The van der Waals surface area contributed by atoms with Crippen molar-refractivity contribution in [3.8, 4) is 0 Å². The molecule has 3 heteroatoms. The van der Waals surface area contributed by atoms with Crippen molar-refractivity contribution < 1.29 is 7.54 Å². The molecule has 0 aliphatic carbocycles. The Morgan fingerprint density at radius 2 is 1.94 bits per heavy atom. The summed E-state index contributed by atoms with van der Waals surface area (Å²) in [5.41, 5.74) is 2.84. The van der Waals surface area contributed by atoms with Gasteiger partial charge in [-0.2, -0.15) is 0 Å².